The molecule has 9 heteroatoms. The minimum absolute atomic E-state index is 0.113. The molecule has 0 aliphatic carbocycles. The van der Waals surface area contributed by atoms with Crippen molar-refractivity contribution in [3.63, 3.8) is 0 Å². The molecule has 2 fully saturated rings. The van der Waals surface area contributed by atoms with Gasteiger partial charge in [-0.1, -0.05) is 0 Å². The van der Waals surface area contributed by atoms with Crippen LogP contribution in [0, 0.1) is 0 Å². The molecule has 2 aliphatic rings. The van der Waals surface area contributed by atoms with Crippen molar-refractivity contribution < 1.29 is 19.1 Å². The van der Waals surface area contributed by atoms with Gasteiger partial charge in [0.25, 0.3) is 0 Å². The number of hydrogen-bond acceptors (Lipinski definition) is 6. The molecule has 4 heterocycles. The maximum Gasteiger partial charge on any atom is 0.407 e. The predicted octanol–water partition coefficient (Wildman–Crippen LogP) is 2.06. The molecule has 1 atom stereocenters. The minimum atomic E-state index is -0.427. The number of hydrogen-bond donors (Lipinski definition) is 1. The van der Waals surface area contributed by atoms with Crippen molar-refractivity contribution in [3.8, 4) is 0 Å². The molecule has 162 valence electrons. The Bertz CT molecular complexity index is 919. The third kappa shape index (κ3) is 4.12. The lowest BCUT2D eigenvalue weighted by Crippen LogP contribution is -2.48. The molecule has 2 aromatic heterocycles. The van der Waals surface area contributed by atoms with Crippen LogP contribution in [0.1, 0.15) is 44.5 Å². The van der Waals surface area contributed by atoms with Crippen LogP contribution in [-0.2, 0) is 20.7 Å². The van der Waals surface area contributed by atoms with Crippen molar-refractivity contribution in [2.75, 3.05) is 33.4 Å². The van der Waals surface area contributed by atoms with Gasteiger partial charge in [0.05, 0.1) is 19.2 Å². The first-order valence-electron chi connectivity index (χ1n) is 10.6. The number of carbonyl (C=O) groups excluding carboxylic acids is 2. The molecule has 0 aromatic carbocycles. The quantitative estimate of drug-likeness (QED) is 0.743. The Morgan fingerprint density at radius 3 is 2.90 bits per heavy atom. The van der Waals surface area contributed by atoms with Gasteiger partial charge in [0, 0.05) is 52.1 Å². The standard InChI is InChI=1S/C21H29N5O4/c1-15(13-29-2)26-17(24-16-5-4-10-22-19(16)26)6-3-7-18(27)25-11-8-21(9-12-25)14-23-20(28)30-21/h4-5,10,15H,3,6-9,11-14H2,1-2H3,(H,23,28)/t15-/m0/s1. The van der Waals surface area contributed by atoms with Crippen LogP contribution in [0.3, 0.4) is 0 Å². The normalized spacial score (nSPS) is 19.1. The molecule has 2 aromatic rings. The van der Waals surface area contributed by atoms with Gasteiger partial charge in [-0.15, -0.1) is 0 Å². The molecular weight excluding hydrogens is 386 g/mol. The summed E-state index contributed by atoms with van der Waals surface area (Å²) in [7, 11) is 1.69. The van der Waals surface area contributed by atoms with E-state index in [9.17, 15) is 9.59 Å². The van der Waals surface area contributed by atoms with Gasteiger partial charge >= 0.3 is 6.09 Å². The lowest BCUT2D eigenvalue weighted by atomic mass is 9.91. The summed E-state index contributed by atoms with van der Waals surface area (Å²) in [5.74, 6) is 1.08. The second kappa shape index (κ2) is 8.59. The molecule has 0 radical (unpaired) electrons. The molecule has 2 aliphatic heterocycles. The molecule has 2 amide bonds. The maximum atomic E-state index is 12.7. The first kappa shape index (κ1) is 20.6. The molecule has 0 saturated carbocycles. The molecule has 0 bridgehead atoms. The fraction of sp³-hybridized carbons (Fsp3) is 0.619. The number of piperidine rings is 1. The van der Waals surface area contributed by atoms with Crippen molar-refractivity contribution in [2.45, 2.75) is 50.7 Å². The molecule has 9 nitrogen and oxygen atoms in total. The number of nitrogens with one attached hydrogen (secondary N) is 1. The number of pyridine rings is 1. The smallest absolute Gasteiger partial charge is 0.407 e. The van der Waals surface area contributed by atoms with Gasteiger partial charge in [-0.2, -0.15) is 0 Å². The number of likely N-dealkylation sites (tertiary alicyclic amines) is 1. The summed E-state index contributed by atoms with van der Waals surface area (Å²) in [5.41, 5.74) is 1.29. The Hall–Kier alpha value is -2.68. The molecule has 1 N–H and O–H groups in total. The van der Waals surface area contributed by atoms with Crippen LogP contribution in [0.25, 0.3) is 11.2 Å². The van der Waals surface area contributed by atoms with E-state index >= 15 is 0 Å². The van der Waals surface area contributed by atoms with Gasteiger partial charge in [-0.05, 0) is 25.5 Å². The van der Waals surface area contributed by atoms with Crippen LogP contribution >= 0.6 is 0 Å². The van der Waals surface area contributed by atoms with Crippen molar-refractivity contribution >= 4 is 23.2 Å². The molecule has 30 heavy (non-hydrogen) atoms. The van der Waals surface area contributed by atoms with Crippen LogP contribution in [0.4, 0.5) is 4.79 Å². The molecule has 4 rings (SSSR count). The number of amides is 2. The number of aryl methyl sites for hydroxylation is 1. The zero-order chi connectivity index (χ0) is 21.1. The van der Waals surface area contributed by atoms with Crippen molar-refractivity contribution in [1.29, 1.82) is 0 Å². The number of carbonyl (C=O) groups is 2. The number of rotatable bonds is 7. The highest BCUT2D eigenvalue weighted by Crippen LogP contribution is 2.29. The highest BCUT2D eigenvalue weighted by atomic mass is 16.6. The van der Waals surface area contributed by atoms with E-state index in [1.165, 1.54) is 0 Å². The molecular formula is C21H29N5O4. The average Bonchev–Trinajstić information content (AvgIpc) is 3.28. The molecule has 0 unspecified atom stereocenters. The van der Waals surface area contributed by atoms with Gasteiger partial charge in [-0.25, -0.2) is 14.8 Å². The number of ether oxygens (including phenoxy) is 2. The average molecular weight is 415 g/mol. The van der Waals surface area contributed by atoms with Crippen LogP contribution < -0.4 is 5.32 Å². The monoisotopic (exact) mass is 415 g/mol. The number of alkyl carbamates (subject to hydrolysis) is 1. The van der Waals surface area contributed by atoms with E-state index in [0.717, 1.165) is 23.4 Å². The summed E-state index contributed by atoms with van der Waals surface area (Å²) in [6.07, 6.45) is 4.69. The molecule has 2 saturated heterocycles. The lowest BCUT2D eigenvalue weighted by Gasteiger charge is -2.37. The van der Waals surface area contributed by atoms with E-state index in [-0.39, 0.29) is 18.0 Å². The SMILES string of the molecule is COC[C@H](C)n1c(CCCC(=O)N2CCC3(CC2)CNC(=O)O3)nc2cccnc21. The first-order chi connectivity index (χ1) is 14.5. The summed E-state index contributed by atoms with van der Waals surface area (Å²) in [4.78, 5) is 35.2. The van der Waals surface area contributed by atoms with Gasteiger partial charge in [0.15, 0.2) is 5.65 Å². The Kier molecular flexibility index (Phi) is 5.90. The van der Waals surface area contributed by atoms with E-state index in [0.29, 0.717) is 51.9 Å². The van der Waals surface area contributed by atoms with Crippen molar-refractivity contribution in [2.24, 2.45) is 0 Å². The number of imidazole rings is 1. The van der Waals surface area contributed by atoms with Gasteiger partial charge < -0.3 is 24.3 Å². The summed E-state index contributed by atoms with van der Waals surface area (Å²) in [6.45, 7) is 4.45. The van der Waals surface area contributed by atoms with Crippen molar-refractivity contribution in [3.05, 3.63) is 24.2 Å². The summed E-state index contributed by atoms with van der Waals surface area (Å²) >= 11 is 0. The minimum Gasteiger partial charge on any atom is -0.441 e. The fourth-order valence-corrected chi connectivity index (χ4v) is 4.43. The predicted molar refractivity (Wildman–Crippen MR) is 110 cm³/mol. The van der Waals surface area contributed by atoms with E-state index in [1.807, 2.05) is 17.0 Å². The first-order valence-corrected chi connectivity index (χ1v) is 10.6. The highest BCUT2D eigenvalue weighted by molar-refractivity contribution is 5.76. The Balaban J connectivity index is 1.34. The summed E-state index contributed by atoms with van der Waals surface area (Å²) in [5, 5.41) is 2.72. The summed E-state index contributed by atoms with van der Waals surface area (Å²) < 4.78 is 12.9. The van der Waals surface area contributed by atoms with E-state index < -0.39 is 5.60 Å². The fourth-order valence-electron chi connectivity index (χ4n) is 4.43. The second-order valence-electron chi connectivity index (χ2n) is 8.21. The topological polar surface area (TPSA) is 98.6 Å². The van der Waals surface area contributed by atoms with Crippen LogP contribution in [0.15, 0.2) is 18.3 Å². The lowest BCUT2D eigenvalue weighted by molar-refractivity contribution is -0.134. The van der Waals surface area contributed by atoms with E-state index in [4.69, 9.17) is 14.5 Å². The third-order valence-corrected chi connectivity index (χ3v) is 6.05. The Morgan fingerprint density at radius 2 is 2.20 bits per heavy atom. The largest absolute Gasteiger partial charge is 0.441 e. The van der Waals surface area contributed by atoms with Gasteiger partial charge in [-0.3, -0.25) is 4.79 Å². The van der Waals surface area contributed by atoms with Crippen LogP contribution in [-0.4, -0.2) is 70.4 Å². The zero-order valence-corrected chi connectivity index (χ0v) is 17.6. The van der Waals surface area contributed by atoms with Gasteiger partial charge in [0.2, 0.25) is 5.91 Å². The third-order valence-electron chi connectivity index (χ3n) is 6.05. The number of aromatic nitrogens is 3. The second-order valence-corrected chi connectivity index (χ2v) is 8.21. The van der Waals surface area contributed by atoms with Crippen molar-refractivity contribution in [1.82, 2.24) is 24.8 Å². The van der Waals surface area contributed by atoms with E-state index in [1.54, 1.807) is 13.3 Å². The molecule has 1 spiro atoms. The van der Waals surface area contributed by atoms with E-state index in [2.05, 4.69) is 21.8 Å². The number of methoxy groups -OCH3 is 1. The highest BCUT2D eigenvalue weighted by Gasteiger charge is 2.43. The maximum absolute atomic E-state index is 12.7. The zero-order valence-electron chi connectivity index (χ0n) is 17.6. The van der Waals surface area contributed by atoms with Crippen LogP contribution in [0.5, 0.6) is 0 Å². The summed E-state index contributed by atoms with van der Waals surface area (Å²) in [6, 6.07) is 3.96. The number of fused-ring (bicyclic) bond motifs is 1. The Labute approximate surface area is 175 Å². The van der Waals surface area contributed by atoms with Crippen LogP contribution in [0.2, 0.25) is 0 Å². The van der Waals surface area contributed by atoms with Gasteiger partial charge in [0.1, 0.15) is 16.9 Å². The number of nitrogens with zero attached hydrogens (tertiary/aromatic N) is 4. The Morgan fingerprint density at radius 1 is 1.40 bits per heavy atom.